The Morgan fingerprint density at radius 2 is 1.33 bits per heavy atom. The Morgan fingerprint density at radius 1 is 0.756 bits per heavy atom. The molecule has 1 aliphatic heterocycles. The molecule has 1 saturated heterocycles. The Balaban J connectivity index is 1.07. The summed E-state index contributed by atoms with van der Waals surface area (Å²) in [5.41, 5.74) is 4.82. The molecule has 2 aliphatic rings. The predicted octanol–water partition coefficient (Wildman–Crippen LogP) is 8.00. The lowest BCUT2D eigenvalue weighted by Crippen LogP contribution is -2.46. The normalized spacial score (nSPS) is 15.8. The summed E-state index contributed by atoms with van der Waals surface area (Å²) in [6.45, 7) is 2.93. The number of alkyl halides is 3. The lowest BCUT2D eigenvalue weighted by molar-refractivity contribution is -0.124. The van der Waals surface area contributed by atoms with Crippen LogP contribution in [0.1, 0.15) is 30.4 Å². The Hall–Kier alpha value is -4.37. The Morgan fingerprint density at radius 3 is 1.93 bits per heavy atom. The monoisotopic (exact) mass is 617 g/mol. The highest BCUT2D eigenvalue weighted by Gasteiger charge is 2.46. The van der Waals surface area contributed by atoms with E-state index in [4.69, 9.17) is 4.74 Å². The molecule has 1 heterocycles. The van der Waals surface area contributed by atoms with Crippen LogP contribution in [0.3, 0.4) is 0 Å². The van der Waals surface area contributed by atoms with Crippen LogP contribution in [0.5, 0.6) is 0 Å². The van der Waals surface area contributed by atoms with E-state index in [0.717, 1.165) is 72.6 Å². The summed E-state index contributed by atoms with van der Waals surface area (Å²) < 4.78 is 58.7. The Kier molecular flexibility index (Phi) is 8.81. The number of nitrogens with zero attached hydrogens (tertiary/aromatic N) is 2. The van der Waals surface area contributed by atoms with Crippen molar-refractivity contribution >= 4 is 11.8 Å². The van der Waals surface area contributed by atoms with Crippen LogP contribution in [-0.4, -0.2) is 56.4 Å². The van der Waals surface area contributed by atoms with E-state index in [0.29, 0.717) is 18.4 Å². The van der Waals surface area contributed by atoms with Crippen LogP contribution in [0.2, 0.25) is 0 Å². The summed E-state index contributed by atoms with van der Waals surface area (Å²) in [4.78, 5) is 17.5. The number of anilines is 1. The molecule has 9 heteroatoms. The second-order valence-corrected chi connectivity index (χ2v) is 11.6. The van der Waals surface area contributed by atoms with E-state index in [2.05, 4.69) is 9.80 Å². The smallest absolute Gasteiger partial charge is 0.408 e. The van der Waals surface area contributed by atoms with Gasteiger partial charge in [0.05, 0.1) is 0 Å². The number of piperazine rings is 1. The molecule has 0 aromatic heterocycles. The van der Waals surface area contributed by atoms with E-state index in [-0.39, 0.29) is 5.82 Å². The maximum Gasteiger partial charge on any atom is 0.408 e. The first-order valence-electron chi connectivity index (χ1n) is 15.3. The highest BCUT2D eigenvalue weighted by atomic mass is 19.4. The van der Waals surface area contributed by atoms with E-state index in [9.17, 15) is 22.4 Å². The molecule has 0 unspecified atom stereocenters. The largest absolute Gasteiger partial charge is 0.433 e. The number of benzene rings is 4. The van der Waals surface area contributed by atoms with Gasteiger partial charge in [0, 0.05) is 48.6 Å². The SMILES string of the molecule is O=C(NCC(F)(F)F)OC1(CCCCN2CCN(c3ccc(-c4ccccc4F)cc3)CC2)c2ccccc2-c2ccccc21. The highest BCUT2D eigenvalue weighted by Crippen LogP contribution is 2.52. The van der Waals surface area contributed by atoms with Crippen LogP contribution in [0.25, 0.3) is 22.3 Å². The molecule has 0 radical (unpaired) electrons. The third kappa shape index (κ3) is 6.68. The minimum Gasteiger partial charge on any atom is -0.433 e. The third-order valence-corrected chi connectivity index (χ3v) is 8.76. The van der Waals surface area contributed by atoms with E-state index < -0.39 is 24.4 Å². The molecule has 5 nitrogen and oxygen atoms in total. The van der Waals surface area contributed by atoms with E-state index in [1.54, 1.807) is 12.1 Å². The highest BCUT2D eigenvalue weighted by molar-refractivity contribution is 5.82. The lowest BCUT2D eigenvalue weighted by atomic mass is 9.86. The molecule has 0 atom stereocenters. The maximum absolute atomic E-state index is 14.2. The molecule has 45 heavy (non-hydrogen) atoms. The number of nitrogens with one attached hydrogen (secondary N) is 1. The number of ether oxygens (including phenoxy) is 1. The first-order valence-corrected chi connectivity index (χ1v) is 15.3. The minimum atomic E-state index is -4.53. The number of carbonyl (C=O) groups is 1. The number of halogens is 4. The van der Waals surface area contributed by atoms with Crippen molar-refractivity contribution in [1.82, 2.24) is 10.2 Å². The molecule has 234 valence electrons. The van der Waals surface area contributed by atoms with Gasteiger partial charge in [0.2, 0.25) is 0 Å². The molecule has 1 aliphatic carbocycles. The molecule has 0 saturated carbocycles. The molecule has 1 N–H and O–H groups in total. The molecule has 0 spiro atoms. The zero-order valence-corrected chi connectivity index (χ0v) is 24.8. The fraction of sp³-hybridized carbons (Fsp3) is 0.306. The Labute approximate surface area is 260 Å². The number of rotatable bonds is 9. The summed E-state index contributed by atoms with van der Waals surface area (Å²) in [6, 6.07) is 30.0. The van der Waals surface area contributed by atoms with Gasteiger partial charge >= 0.3 is 12.3 Å². The van der Waals surface area contributed by atoms with Crippen molar-refractivity contribution in [3.8, 4) is 22.3 Å². The molecular formula is C36H35F4N3O2. The van der Waals surface area contributed by atoms with Crippen molar-refractivity contribution in [2.45, 2.75) is 31.0 Å². The molecule has 1 fully saturated rings. The number of unbranched alkanes of at least 4 members (excludes halogenated alkanes) is 1. The summed E-state index contributed by atoms with van der Waals surface area (Å²) in [5.74, 6) is -0.234. The van der Waals surface area contributed by atoms with Gasteiger partial charge in [-0.3, -0.25) is 4.90 Å². The van der Waals surface area contributed by atoms with Gasteiger partial charge < -0.3 is 15.0 Å². The van der Waals surface area contributed by atoms with E-state index >= 15 is 0 Å². The van der Waals surface area contributed by atoms with Crippen molar-refractivity contribution in [3.05, 3.63) is 114 Å². The van der Waals surface area contributed by atoms with Crippen LogP contribution in [-0.2, 0) is 10.3 Å². The van der Waals surface area contributed by atoms with Crippen LogP contribution in [0, 0.1) is 5.82 Å². The van der Waals surface area contributed by atoms with Gasteiger partial charge in [-0.15, -0.1) is 0 Å². The number of hydrogen-bond acceptors (Lipinski definition) is 4. The summed E-state index contributed by atoms with van der Waals surface area (Å²) in [7, 11) is 0. The first-order chi connectivity index (χ1) is 21.7. The first kappa shape index (κ1) is 30.6. The maximum atomic E-state index is 14.2. The number of carbonyl (C=O) groups excluding carboxylic acids is 1. The molecule has 1 amide bonds. The number of alkyl carbamates (subject to hydrolysis) is 1. The van der Waals surface area contributed by atoms with Crippen LogP contribution in [0.4, 0.5) is 28.0 Å². The van der Waals surface area contributed by atoms with Gasteiger partial charge in [0.25, 0.3) is 0 Å². The van der Waals surface area contributed by atoms with Gasteiger partial charge in [-0.1, -0.05) is 78.9 Å². The van der Waals surface area contributed by atoms with Crippen LogP contribution < -0.4 is 10.2 Å². The summed E-state index contributed by atoms with van der Waals surface area (Å²) >= 11 is 0. The van der Waals surface area contributed by atoms with Crippen LogP contribution in [0.15, 0.2) is 97.1 Å². The minimum absolute atomic E-state index is 0.234. The van der Waals surface area contributed by atoms with Crippen molar-refractivity contribution in [2.75, 3.05) is 44.2 Å². The Bertz CT molecular complexity index is 1590. The third-order valence-electron chi connectivity index (χ3n) is 8.76. The second-order valence-electron chi connectivity index (χ2n) is 11.6. The molecule has 0 bridgehead atoms. The van der Waals surface area contributed by atoms with E-state index in [1.165, 1.54) is 6.07 Å². The fourth-order valence-corrected chi connectivity index (χ4v) is 6.57. The topological polar surface area (TPSA) is 44.8 Å². The quantitative estimate of drug-likeness (QED) is 0.153. The second kappa shape index (κ2) is 12.9. The van der Waals surface area contributed by atoms with Gasteiger partial charge in [-0.05, 0) is 60.7 Å². The molecular weight excluding hydrogens is 582 g/mol. The summed E-state index contributed by atoms with van der Waals surface area (Å²) in [6.07, 6.45) is -3.61. The molecule has 4 aromatic rings. The van der Waals surface area contributed by atoms with Gasteiger partial charge in [-0.2, -0.15) is 13.2 Å². The van der Waals surface area contributed by atoms with Crippen molar-refractivity contribution < 1.29 is 27.1 Å². The zero-order valence-electron chi connectivity index (χ0n) is 24.8. The average molecular weight is 618 g/mol. The number of amides is 1. The van der Waals surface area contributed by atoms with Crippen molar-refractivity contribution in [3.63, 3.8) is 0 Å². The number of fused-ring (bicyclic) bond motifs is 3. The van der Waals surface area contributed by atoms with Crippen LogP contribution >= 0.6 is 0 Å². The number of hydrogen-bond donors (Lipinski definition) is 1. The zero-order chi connectivity index (χ0) is 31.4. The standard InChI is InChI=1S/C36H35F4N3O2/c37-33-14-6-3-9-28(33)26-15-17-27(18-16-26)43-23-21-42(22-24-43)20-8-7-19-35(45-34(44)41-25-36(38,39)40)31-12-4-1-10-29(31)30-11-2-5-13-32(30)35/h1-6,9-18H,7-8,19-25H2,(H,41,44). The molecule has 6 rings (SSSR count). The van der Waals surface area contributed by atoms with Gasteiger partial charge in [0.1, 0.15) is 12.4 Å². The fourth-order valence-electron chi connectivity index (χ4n) is 6.57. The van der Waals surface area contributed by atoms with Crippen molar-refractivity contribution in [2.24, 2.45) is 0 Å². The average Bonchev–Trinajstić information content (AvgIpc) is 3.32. The van der Waals surface area contributed by atoms with Crippen molar-refractivity contribution in [1.29, 1.82) is 0 Å². The van der Waals surface area contributed by atoms with Gasteiger partial charge in [-0.25, -0.2) is 9.18 Å². The summed E-state index contributed by atoms with van der Waals surface area (Å²) in [5, 5.41) is 1.89. The van der Waals surface area contributed by atoms with E-state index in [1.807, 2.05) is 84.2 Å². The predicted molar refractivity (Wildman–Crippen MR) is 168 cm³/mol. The molecule has 4 aromatic carbocycles. The lowest BCUT2D eigenvalue weighted by Gasteiger charge is -2.36. The van der Waals surface area contributed by atoms with Gasteiger partial charge in [0.15, 0.2) is 5.60 Å².